The largest absolute Gasteiger partial charge is 0.292 e. The molecule has 0 aliphatic heterocycles. The van der Waals surface area contributed by atoms with Crippen molar-refractivity contribution >= 4 is 17.3 Å². The van der Waals surface area contributed by atoms with Crippen molar-refractivity contribution in [2.75, 3.05) is 5.43 Å². The van der Waals surface area contributed by atoms with E-state index in [1.165, 1.54) is 18.4 Å². The first kappa shape index (κ1) is 16.5. The van der Waals surface area contributed by atoms with E-state index in [0.29, 0.717) is 5.95 Å². The molecule has 0 spiro atoms. The van der Waals surface area contributed by atoms with Crippen LogP contribution in [0.4, 0.5) is 5.95 Å². The number of aromatic nitrogens is 3. The van der Waals surface area contributed by atoms with Crippen molar-refractivity contribution in [2.24, 2.45) is 5.84 Å². The summed E-state index contributed by atoms with van der Waals surface area (Å²) in [5.74, 6) is 5.80. The smallest absolute Gasteiger partial charge is 0.237 e. The molecule has 0 saturated heterocycles. The van der Waals surface area contributed by atoms with Gasteiger partial charge in [-0.1, -0.05) is 37.6 Å². The zero-order valence-corrected chi connectivity index (χ0v) is 14.7. The molecule has 0 aliphatic rings. The Bertz CT molecular complexity index is 811. The summed E-state index contributed by atoms with van der Waals surface area (Å²) in [6.07, 6.45) is 5.27. The Kier molecular flexibility index (Phi) is 5.17. The highest BCUT2D eigenvalue weighted by molar-refractivity contribution is 7.18. The van der Waals surface area contributed by atoms with Crippen LogP contribution in [0.1, 0.15) is 31.0 Å². The average molecular weight is 339 g/mol. The van der Waals surface area contributed by atoms with Crippen molar-refractivity contribution in [3.63, 3.8) is 0 Å². The molecule has 0 atom stereocenters. The molecule has 0 bridgehead atoms. The summed E-state index contributed by atoms with van der Waals surface area (Å²) >= 11 is 1.64. The lowest BCUT2D eigenvalue weighted by molar-refractivity contribution is 0.795. The fourth-order valence-electron chi connectivity index (χ4n) is 2.51. The van der Waals surface area contributed by atoms with Gasteiger partial charge in [0.1, 0.15) is 5.01 Å². The van der Waals surface area contributed by atoms with Gasteiger partial charge >= 0.3 is 0 Å². The topological polar surface area (TPSA) is 76.7 Å². The molecule has 3 aromatic rings. The molecule has 124 valence electrons. The number of hydrogen-bond donors (Lipinski definition) is 2. The molecular formula is C18H21N5S. The Hall–Kier alpha value is -2.31. The SMILES string of the molecule is CCCCc1ccc(-c2nc(C)c(-c3ccnc(NN)n3)s2)cc1. The zero-order valence-electron chi connectivity index (χ0n) is 13.9. The lowest BCUT2D eigenvalue weighted by Gasteiger charge is -2.01. The number of unbranched alkanes of at least 4 members (excludes halogenated alkanes) is 1. The number of hydrazine groups is 1. The normalized spacial score (nSPS) is 10.8. The Morgan fingerprint density at radius 1 is 1.12 bits per heavy atom. The van der Waals surface area contributed by atoms with E-state index in [1.54, 1.807) is 17.5 Å². The van der Waals surface area contributed by atoms with Crippen molar-refractivity contribution in [3.05, 3.63) is 47.8 Å². The Morgan fingerprint density at radius 3 is 2.62 bits per heavy atom. The van der Waals surface area contributed by atoms with Gasteiger partial charge in [-0.25, -0.2) is 20.8 Å². The van der Waals surface area contributed by atoms with Gasteiger partial charge in [-0.2, -0.15) is 0 Å². The van der Waals surface area contributed by atoms with Crippen LogP contribution in [-0.4, -0.2) is 15.0 Å². The first-order valence-corrected chi connectivity index (χ1v) is 8.89. The summed E-state index contributed by atoms with van der Waals surface area (Å²) in [5.41, 5.74) is 6.79. The summed E-state index contributed by atoms with van der Waals surface area (Å²) in [7, 11) is 0. The van der Waals surface area contributed by atoms with E-state index in [2.05, 4.69) is 46.6 Å². The van der Waals surface area contributed by atoms with Gasteiger partial charge < -0.3 is 0 Å². The molecule has 3 rings (SSSR count). The van der Waals surface area contributed by atoms with E-state index >= 15 is 0 Å². The molecule has 2 aromatic heterocycles. The van der Waals surface area contributed by atoms with Gasteiger partial charge in [-0.05, 0) is 31.4 Å². The van der Waals surface area contributed by atoms with Crippen LogP contribution in [0.15, 0.2) is 36.5 Å². The number of hydrogen-bond acceptors (Lipinski definition) is 6. The summed E-state index contributed by atoms with van der Waals surface area (Å²) in [6, 6.07) is 10.6. The summed E-state index contributed by atoms with van der Waals surface area (Å²) in [4.78, 5) is 14.2. The van der Waals surface area contributed by atoms with Gasteiger partial charge in [0, 0.05) is 11.8 Å². The number of nitrogens with two attached hydrogens (primary N) is 1. The highest BCUT2D eigenvalue weighted by Gasteiger charge is 2.13. The Morgan fingerprint density at radius 2 is 1.92 bits per heavy atom. The molecule has 6 heteroatoms. The van der Waals surface area contributed by atoms with Crippen LogP contribution in [-0.2, 0) is 6.42 Å². The molecule has 24 heavy (non-hydrogen) atoms. The number of aryl methyl sites for hydroxylation is 2. The molecule has 0 unspecified atom stereocenters. The minimum Gasteiger partial charge on any atom is -0.292 e. The van der Waals surface area contributed by atoms with Crippen LogP contribution in [0.3, 0.4) is 0 Å². The van der Waals surface area contributed by atoms with E-state index in [4.69, 9.17) is 10.8 Å². The Balaban J connectivity index is 1.88. The number of anilines is 1. The van der Waals surface area contributed by atoms with Crippen molar-refractivity contribution in [2.45, 2.75) is 33.1 Å². The molecular weight excluding hydrogens is 318 g/mol. The number of nitrogens with zero attached hydrogens (tertiary/aromatic N) is 3. The van der Waals surface area contributed by atoms with Crippen molar-refractivity contribution in [3.8, 4) is 21.1 Å². The molecule has 0 fully saturated rings. The number of thiazole rings is 1. The molecule has 0 amide bonds. The predicted molar refractivity (Wildman–Crippen MR) is 99.7 cm³/mol. The highest BCUT2D eigenvalue weighted by atomic mass is 32.1. The lowest BCUT2D eigenvalue weighted by Crippen LogP contribution is -2.10. The second-order valence-electron chi connectivity index (χ2n) is 5.64. The van der Waals surface area contributed by atoms with Crippen molar-refractivity contribution in [1.29, 1.82) is 0 Å². The van der Waals surface area contributed by atoms with Gasteiger partial charge in [0.2, 0.25) is 5.95 Å². The summed E-state index contributed by atoms with van der Waals surface area (Å²) in [5, 5.41) is 1.01. The molecule has 0 aliphatic carbocycles. The van der Waals surface area contributed by atoms with Crippen LogP contribution in [0.25, 0.3) is 21.1 Å². The van der Waals surface area contributed by atoms with Crippen LogP contribution in [0.2, 0.25) is 0 Å². The van der Waals surface area contributed by atoms with Gasteiger partial charge in [-0.15, -0.1) is 11.3 Å². The van der Waals surface area contributed by atoms with Crippen molar-refractivity contribution in [1.82, 2.24) is 15.0 Å². The van der Waals surface area contributed by atoms with Crippen LogP contribution < -0.4 is 11.3 Å². The predicted octanol–water partition coefficient (Wildman–Crippen LogP) is 4.20. The quantitative estimate of drug-likeness (QED) is 0.520. The Labute approximate surface area is 146 Å². The third-order valence-corrected chi connectivity index (χ3v) is 5.06. The number of rotatable bonds is 6. The standard InChI is InChI=1S/C18H21N5S/c1-3-4-5-13-6-8-14(9-7-13)17-21-12(2)16(24-17)15-10-11-20-18(22-15)23-19/h6-11H,3-5,19H2,1-2H3,(H,20,22,23). The van der Waals surface area contributed by atoms with E-state index in [1.807, 2.05) is 13.0 Å². The lowest BCUT2D eigenvalue weighted by atomic mass is 10.1. The second kappa shape index (κ2) is 7.51. The van der Waals surface area contributed by atoms with Gasteiger partial charge in [-0.3, -0.25) is 5.43 Å². The van der Waals surface area contributed by atoms with E-state index in [9.17, 15) is 0 Å². The fraction of sp³-hybridized carbons (Fsp3) is 0.278. The van der Waals surface area contributed by atoms with E-state index < -0.39 is 0 Å². The highest BCUT2D eigenvalue weighted by Crippen LogP contribution is 2.34. The third-order valence-electron chi connectivity index (χ3n) is 3.83. The van der Waals surface area contributed by atoms with Crippen LogP contribution in [0.5, 0.6) is 0 Å². The maximum atomic E-state index is 5.39. The van der Waals surface area contributed by atoms with E-state index in [0.717, 1.165) is 33.3 Å². The van der Waals surface area contributed by atoms with Crippen LogP contribution in [0, 0.1) is 6.92 Å². The second-order valence-corrected chi connectivity index (χ2v) is 6.64. The van der Waals surface area contributed by atoms with E-state index in [-0.39, 0.29) is 0 Å². The molecule has 0 saturated carbocycles. The fourth-order valence-corrected chi connectivity index (χ4v) is 3.55. The first-order chi connectivity index (χ1) is 11.7. The summed E-state index contributed by atoms with van der Waals surface area (Å²) in [6.45, 7) is 4.22. The number of nitrogens with one attached hydrogen (secondary N) is 1. The molecule has 3 N–H and O–H groups in total. The van der Waals surface area contributed by atoms with Gasteiger partial charge in [0.25, 0.3) is 0 Å². The first-order valence-electron chi connectivity index (χ1n) is 8.08. The zero-order chi connectivity index (χ0) is 16.9. The van der Waals surface area contributed by atoms with Crippen molar-refractivity contribution < 1.29 is 0 Å². The summed E-state index contributed by atoms with van der Waals surface area (Å²) < 4.78 is 0. The molecule has 2 heterocycles. The monoisotopic (exact) mass is 339 g/mol. The van der Waals surface area contributed by atoms with Gasteiger partial charge in [0.15, 0.2) is 0 Å². The molecule has 1 aromatic carbocycles. The number of nitrogen functional groups attached to an aromatic ring is 1. The maximum Gasteiger partial charge on any atom is 0.237 e. The van der Waals surface area contributed by atoms with Crippen LogP contribution >= 0.6 is 11.3 Å². The average Bonchev–Trinajstić information content (AvgIpc) is 3.02. The van der Waals surface area contributed by atoms with Gasteiger partial charge in [0.05, 0.1) is 16.3 Å². The number of benzene rings is 1. The molecule has 5 nitrogen and oxygen atoms in total. The molecule has 0 radical (unpaired) electrons. The minimum absolute atomic E-state index is 0.405. The minimum atomic E-state index is 0.405. The third kappa shape index (κ3) is 3.60. The maximum absolute atomic E-state index is 5.39.